The van der Waals surface area contributed by atoms with Crippen LogP contribution in [-0.2, 0) is 9.09 Å². The molecule has 1 N–H and O–H groups in total. The van der Waals surface area contributed by atoms with Gasteiger partial charge in [0.1, 0.15) is 0 Å². The van der Waals surface area contributed by atoms with Gasteiger partial charge in [-0.25, -0.2) is 0 Å². The predicted molar refractivity (Wildman–Crippen MR) is 48.3 cm³/mol. The maximum atomic E-state index is 11.3. The molecular weight excluding hydrogens is 161 g/mol. The van der Waals surface area contributed by atoms with Crippen LogP contribution in [0.1, 0.15) is 20.8 Å². The minimum Gasteiger partial charge on any atom is -0.331 e. The van der Waals surface area contributed by atoms with Crippen LogP contribution < -0.4 is 5.32 Å². The summed E-state index contributed by atoms with van der Waals surface area (Å²) in [6, 6.07) is 0. The van der Waals surface area contributed by atoms with Gasteiger partial charge in [0.05, 0.1) is 6.29 Å². The maximum Gasteiger partial charge on any atom is 0.213 e. The van der Waals surface area contributed by atoms with Gasteiger partial charge in [-0.05, 0) is 20.8 Å². The van der Waals surface area contributed by atoms with Gasteiger partial charge in [-0.1, -0.05) is 0 Å². The van der Waals surface area contributed by atoms with Crippen LogP contribution in [0.5, 0.6) is 0 Å². The minimum absolute atomic E-state index is 0.00417. The third kappa shape index (κ3) is 6.54. The Morgan fingerprint density at radius 2 is 1.91 bits per heavy atom. The summed E-state index contributed by atoms with van der Waals surface area (Å²) in [5, 5.41) is 3.12. The van der Waals surface area contributed by atoms with Crippen LogP contribution in [0.15, 0.2) is 0 Å². The van der Waals surface area contributed by atoms with Gasteiger partial charge in [0.25, 0.3) is 0 Å². The first-order chi connectivity index (χ1) is 4.77. The van der Waals surface area contributed by atoms with Crippen molar-refractivity contribution >= 4 is 7.37 Å². The molecule has 3 nitrogen and oxygen atoms in total. The fourth-order valence-electron chi connectivity index (χ4n) is 0.445. The smallest absolute Gasteiger partial charge is 0.213 e. The molecule has 0 aromatic carbocycles. The fraction of sp³-hybridized carbons (Fsp3) is 1.00. The number of nitrogens with one attached hydrogen (secondary N) is 1. The van der Waals surface area contributed by atoms with E-state index in [0.29, 0.717) is 6.29 Å². The Bertz CT molecular complexity index is 162. The summed E-state index contributed by atoms with van der Waals surface area (Å²) in [6.07, 6.45) is 0.438. The second kappa shape index (κ2) is 3.70. The van der Waals surface area contributed by atoms with E-state index < -0.39 is 7.37 Å². The molecule has 0 aromatic heterocycles. The van der Waals surface area contributed by atoms with Crippen molar-refractivity contribution in [1.29, 1.82) is 0 Å². The highest BCUT2D eigenvalue weighted by molar-refractivity contribution is 7.58. The van der Waals surface area contributed by atoms with Crippen molar-refractivity contribution in [3.05, 3.63) is 0 Å². The zero-order valence-electron chi connectivity index (χ0n) is 7.97. The van der Waals surface area contributed by atoms with Gasteiger partial charge < -0.3 is 9.84 Å². The fourth-order valence-corrected chi connectivity index (χ4v) is 1.34. The van der Waals surface area contributed by atoms with Gasteiger partial charge in [0, 0.05) is 19.3 Å². The van der Waals surface area contributed by atoms with E-state index in [4.69, 9.17) is 4.52 Å². The summed E-state index contributed by atoms with van der Waals surface area (Å²) in [5.41, 5.74) is 0.00417. The van der Waals surface area contributed by atoms with Crippen LogP contribution >= 0.6 is 7.37 Å². The Hall–Kier alpha value is 0.150. The van der Waals surface area contributed by atoms with Crippen LogP contribution in [-0.4, -0.2) is 25.6 Å². The van der Waals surface area contributed by atoms with Crippen molar-refractivity contribution in [3.63, 3.8) is 0 Å². The molecule has 0 radical (unpaired) electrons. The van der Waals surface area contributed by atoms with E-state index >= 15 is 0 Å². The van der Waals surface area contributed by atoms with Crippen molar-refractivity contribution < 1.29 is 9.09 Å². The predicted octanol–water partition coefficient (Wildman–Crippen LogP) is 1.89. The van der Waals surface area contributed by atoms with Gasteiger partial charge in [-0.3, -0.25) is 4.57 Å². The second-order valence-corrected chi connectivity index (χ2v) is 6.49. The first-order valence-corrected chi connectivity index (χ1v) is 5.90. The van der Waals surface area contributed by atoms with Crippen molar-refractivity contribution in [1.82, 2.24) is 5.32 Å². The Labute approximate surface area is 69.0 Å². The van der Waals surface area contributed by atoms with Crippen molar-refractivity contribution in [3.8, 4) is 0 Å². The molecule has 11 heavy (non-hydrogen) atoms. The Balaban J connectivity index is 3.80. The molecule has 0 aliphatic carbocycles. The highest BCUT2D eigenvalue weighted by atomic mass is 31.2. The SMILES string of the molecule is COP(C)(=O)CNC(C)(C)C. The molecule has 0 spiro atoms. The van der Waals surface area contributed by atoms with E-state index in [2.05, 4.69) is 5.32 Å². The lowest BCUT2D eigenvalue weighted by atomic mass is 10.1. The number of hydrogen-bond donors (Lipinski definition) is 1. The summed E-state index contributed by atoms with van der Waals surface area (Å²) in [6.45, 7) is 7.72. The molecule has 68 valence electrons. The minimum atomic E-state index is -2.38. The van der Waals surface area contributed by atoms with Gasteiger partial charge >= 0.3 is 0 Å². The van der Waals surface area contributed by atoms with Crippen molar-refractivity contribution in [2.45, 2.75) is 26.3 Å². The van der Waals surface area contributed by atoms with Crippen molar-refractivity contribution in [2.75, 3.05) is 20.1 Å². The first kappa shape index (κ1) is 11.2. The third-order valence-corrected chi connectivity index (χ3v) is 2.79. The maximum absolute atomic E-state index is 11.3. The normalized spacial score (nSPS) is 17.9. The van der Waals surface area contributed by atoms with E-state index in [-0.39, 0.29) is 5.54 Å². The average molecular weight is 179 g/mol. The molecule has 1 unspecified atom stereocenters. The summed E-state index contributed by atoms with van der Waals surface area (Å²) in [7, 11) is -0.904. The first-order valence-electron chi connectivity index (χ1n) is 3.64. The number of hydrogen-bond acceptors (Lipinski definition) is 3. The van der Waals surface area contributed by atoms with E-state index in [1.165, 1.54) is 7.11 Å². The summed E-state index contributed by atoms with van der Waals surface area (Å²) >= 11 is 0. The average Bonchev–Trinajstić information content (AvgIpc) is 1.83. The van der Waals surface area contributed by atoms with E-state index in [1.807, 2.05) is 20.8 Å². The molecule has 0 aliphatic rings. The molecule has 0 heterocycles. The van der Waals surface area contributed by atoms with E-state index in [0.717, 1.165) is 0 Å². The highest BCUT2D eigenvalue weighted by Gasteiger charge is 2.17. The Morgan fingerprint density at radius 1 is 1.45 bits per heavy atom. The second-order valence-electron chi connectivity index (χ2n) is 3.78. The molecule has 0 rings (SSSR count). The van der Waals surface area contributed by atoms with Crippen LogP contribution in [0.25, 0.3) is 0 Å². The molecule has 0 saturated carbocycles. The lowest BCUT2D eigenvalue weighted by Gasteiger charge is -2.22. The molecule has 0 bridgehead atoms. The number of rotatable bonds is 3. The Kier molecular flexibility index (Phi) is 3.75. The Morgan fingerprint density at radius 3 is 2.18 bits per heavy atom. The lowest BCUT2D eigenvalue weighted by molar-refractivity contribution is 0.379. The molecule has 1 atom stereocenters. The molecule has 0 saturated heterocycles. The monoisotopic (exact) mass is 179 g/mol. The lowest BCUT2D eigenvalue weighted by Crippen LogP contribution is -2.36. The van der Waals surface area contributed by atoms with Crippen LogP contribution in [0, 0.1) is 0 Å². The van der Waals surface area contributed by atoms with Crippen LogP contribution in [0.3, 0.4) is 0 Å². The summed E-state index contributed by atoms with van der Waals surface area (Å²) in [4.78, 5) is 0. The van der Waals surface area contributed by atoms with Crippen LogP contribution in [0.4, 0.5) is 0 Å². The topological polar surface area (TPSA) is 38.3 Å². The molecule has 0 aromatic rings. The van der Waals surface area contributed by atoms with Gasteiger partial charge in [0.2, 0.25) is 7.37 Å². The summed E-state index contributed by atoms with van der Waals surface area (Å²) in [5.74, 6) is 0. The van der Waals surface area contributed by atoms with Crippen molar-refractivity contribution in [2.24, 2.45) is 0 Å². The molecule has 0 aliphatic heterocycles. The molecule has 4 heteroatoms. The van der Waals surface area contributed by atoms with E-state index in [1.54, 1.807) is 6.66 Å². The van der Waals surface area contributed by atoms with Gasteiger partial charge in [0.15, 0.2) is 0 Å². The molecule has 0 amide bonds. The largest absolute Gasteiger partial charge is 0.331 e. The van der Waals surface area contributed by atoms with Gasteiger partial charge in [-0.2, -0.15) is 0 Å². The third-order valence-electron chi connectivity index (χ3n) is 1.28. The zero-order chi connectivity index (χ0) is 9.12. The molecule has 0 fully saturated rings. The highest BCUT2D eigenvalue weighted by Crippen LogP contribution is 2.39. The summed E-state index contributed by atoms with van der Waals surface area (Å²) < 4.78 is 16.2. The van der Waals surface area contributed by atoms with Gasteiger partial charge in [-0.15, -0.1) is 0 Å². The molecular formula is C7H18NO2P. The van der Waals surface area contributed by atoms with E-state index in [9.17, 15) is 4.57 Å². The van der Waals surface area contributed by atoms with Crippen LogP contribution in [0.2, 0.25) is 0 Å². The zero-order valence-corrected chi connectivity index (χ0v) is 8.87. The standard InChI is InChI=1S/C7H18NO2P/c1-7(2,3)8-6-11(5,9)10-4/h8H,6H2,1-5H3. The quantitative estimate of drug-likeness (QED) is 0.672.